The minimum absolute atomic E-state index is 0.0666. The van der Waals surface area contributed by atoms with Crippen LogP contribution >= 0.6 is 0 Å². The van der Waals surface area contributed by atoms with Gasteiger partial charge in [-0.05, 0) is 69.0 Å². The first-order chi connectivity index (χ1) is 13.7. The Hall–Kier alpha value is -2.87. The van der Waals surface area contributed by atoms with E-state index in [2.05, 4.69) is 76.2 Å². The Bertz CT molecular complexity index is 1050. The monoisotopic (exact) mass is 383 g/mol. The molecular formula is C27H29NO. The zero-order valence-corrected chi connectivity index (χ0v) is 18.0. The van der Waals surface area contributed by atoms with Crippen molar-refractivity contribution in [3.63, 3.8) is 0 Å². The van der Waals surface area contributed by atoms with Gasteiger partial charge < -0.3 is 4.90 Å². The van der Waals surface area contributed by atoms with Gasteiger partial charge in [0.1, 0.15) is 0 Å². The van der Waals surface area contributed by atoms with Crippen molar-refractivity contribution in [2.24, 2.45) is 0 Å². The molecule has 3 aromatic carbocycles. The average molecular weight is 384 g/mol. The van der Waals surface area contributed by atoms with Crippen LogP contribution in [0, 0.1) is 13.8 Å². The van der Waals surface area contributed by atoms with Gasteiger partial charge in [-0.15, -0.1) is 0 Å². The zero-order valence-electron chi connectivity index (χ0n) is 18.0. The lowest BCUT2D eigenvalue weighted by molar-refractivity contribution is 0.0948. The SMILES string of the molecule is Cc1ccc(C(=O)N2c3cc(C)ccc3C(C)(c3ccccc3)CC2(C)C)cc1. The molecule has 29 heavy (non-hydrogen) atoms. The minimum Gasteiger partial charge on any atom is -0.302 e. The predicted molar refractivity (Wildman–Crippen MR) is 121 cm³/mol. The summed E-state index contributed by atoms with van der Waals surface area (Å²) in [6, 6.07) is 25.1. The largest absolute Gasteiger partial charge is 0.302 e. The smallest absolute Gasteiger partial charge is 0.258 e. The van der Waals surface area contributed by atoms with Gasteiger partial charge in [-0.1, -0.05) is 67.1 Å². The predicted octanol–water partition coefficient (Wildman–Crippen LogP) is 6.44. The Morgan fingerprint density at radius 2 is 1.45 bits per heavy atom. The second-order valence-electron chi connectivity index (χ2n) is 9.21. The van der Waals surface area contributed by atoms with Gasteiger partial charge in [0.05, 0.1) is 0 Å². The fourth-order valence-corrected chi connectivity index (χ4v) is 4.93. The summed E-state index contributed by atoms with van der Waals surface area (Å²) < 4.78 is 0. The van der Waals surface area contributed by atoms with Gasteiger partial charge in [-0.2, -0.15) is 0 Å². The zero-order chi connectivity index (χ0) is 20.8. The van der Waals surface area contributed by atoms with Gasteiger partial charge in [0.15, 0.2) is 0 Å². The number of aryl methyl sites for hydroxylation is 2. The van der Waals surface area contributed by atoms with Crippen molar-refractivity contribution in [3.8, 4) is 0 Å². The molecule has 148 valence electrons. The Morgan fingerprint density at radius 3 is 2.10 bits per heavy atom. The van der Waals surface area contributed by atoms with E-state index in [9.17, 15) is 4.79 Å². The van der Waals surface area contributed by atoms with Crippen molar-refractivity contribution in [1.29, 1.82) is 0 Å². The van der Waals surface area contributed by atoms with Crippen LogP contribution in [0.25, 0.3) is 0 Å². The summed E-state index contributed by atoms with van der Waals surface area (Å²) in [5, 5.41) is 0. The molecule has 1 atom stereocenters. The van der Waals surface area contributed by atoms with Gasteiger partial charge >= 0.3 is 0 Å². The number of amides is 1. The van der Waals surface area contributed by atoms with E-state index in [1.54, 1.807) is 0 Å². The van der Waals surface area contributed by atoms with Crippen LogP contribution in [-0.2, 0) is 5.41 Å². The number of carbonyl (C=O) groups is 1. The summed E-state index contributed by atoms with van der Waals surface area (Å²) in [6.45, 7) is 10.8. The fourth-order valence-electron chi connectivity index (χ4n) is 4.93. The van der Waals surface area contributed by atoms with E-state index in [1.165, 1.54) is 16.7 Å². The van der Waals surface area contributed by atoms with Crippen molar-refractivity contribution in [3.05, 3.63) is 101 Å². The first-order valence-electron chi connectivity index (χ1n) is 10.3. The van der Waals surface area contributed by atoms with E-state index in [1.807, 2.05) is 36.1 Å². The standard InChI is InChI=1S/C27H29NO/c1-19-11-14-21(15-12-19)25(29)28-24-17-20(2)13-16-23(24)27(5,18-26(28,3)4)22-9-7-6-8-10-22/h6-17H,18H2,1-5H3. The number of hydrogen-bond acceptors (Lipinski definition) is 1. The van der Waals surface area contributed by atoms with Crippen LogP contribution in [0.4, 0.5) is 5.69 Å². The van der Waals surface area contributed by atoms with Crippen LogP contribution in [0.15, 0.2) is 72.8 Å². The van der Waals surface area contributed by atoms with Crippen LogP contribution in [0.1, 0.15) is 59.8 Å². The van der Waals surface area contributed by atoms with E-state index in [0.717, 1.165) is 23.2 Å². The number of hydrogen-bond donors (Lipinski definition) is 0. The number of fused-ring (bicyclic) bond motifs is 1. The Morgan fingerprint density at radius 1 is 0.828 bits per heavy atom. The molecule has 1 amide bonds. The third-order valence-electron chi connectivity index (χ3n) is 6.29. The summed E-state index contributed by atoms with van der Waals surface area (Å²) in [5.41, 5.74) is 6.11. The van der Waals surface area contributed by atoms with Crippen molar-refractivity contribution < 1.29 is 4.79 Å². The van der Waals surface area contributed by atoms with Gasteiger partial charge in [0.2, 0.25) is 0 Å². The molecule has 0 saturated heterocycles. The average Bonchev–Trinajstić information content (AvgIpc) is 2.68. The second-order valence-corrected chi connectivity index (χ2v) is 9.21. The molecule has 1 heterocycles. The van der Waals surface area contributed by atoms with Crippen LogP contribution in [0.2, 0.25) is 0 Å². The minimum atomic E-state index is -0.326. The number of carbonyl (C=O) groups excluding carboxylic acids is 1. The molecule has 0 radical (unpaired) electrons. The molecule has 0 aromatic heterocycles. The molecular weight excluding hydrogens is 354 g/mol. The Labute approximate surface area is 174 Å². The maximum atomic E-state index is 13.7. The highest BCUT2D eigenvalue weighted by molar-refractivity contribution is 6.08. The molecule has 4 rings (SSSR count). The van der Waals surface area contributed by atoms with Crippen LogP contribution in [0.5, 0.6) is 0 Å². The van der Waals surface area contributed by atoms with Crippen molar-refractivity contribution in [2.45, 2.75) is 52.0 Å². The molecule has 0 saturated carbocycles. The molecule has 0 fully saturated rings. The molecule has 1 aliphatic heterocycles. The topological polar surface area (TPSA) is 20.3 Å². The highest BCUT2D eigenvalue weighted by Gasteiger charge is 2.47. The second kappa shape index (κ2) is 6.88. The van der Waals surface area contributed by atoms with E-state index < -0.39 is 0 Å². The molecule has 1 aliphatic rings. The van der Waals surface area contributed by atoms with Crippen molar-refractivity contribution in [1.82, 2.24) is 0 Å². The molecule has 0 N–H and O–H groups in total. The van der Waals surface area contributed by atoms with E-state index in [-0.39, 0.29) is 16.9 Å². The number of rotatable bonds is 2. The van der Waals surface area contributed by atoms with Crippen LogP contribution < -0.4 is 4.90 Å². The van der Waals surface area contributed by atoms with E-state index >= 15 is 0 Å². The number of nitrogens with zero attached hydrogens (tertiary/aromatic N) is 1. The molecule has 0 aliphatic carbocycles. The fraction of sp³-hybridized carbons (Fsp3) is 0.296. The maximum absolute atomic E-state index is 13.7. The first kappa shape index (κ1) is 19.4. The lowest BCUT2D eigenvalue weighted by Gasteiger charge is -2.51. The maximum Gasteiger partial charge on any atom is 0.258 e. The summed E-state index contributed by atoms with van der Waals surface area (Å²) >= 11 is 0. The number of anilines is 1. The highest BCUT2D eigenvalue weighted by atomic mass is 16.2. The summed E-state index contributed by atoms with van der Waals surface area (Å²) in [7, 11) is 0. The highest BCUT2D eigenvalue weighted by Crippen LogP contribution is 2.51. The Balaban J connectivity index is 1.91. The molecule has 2 nitrogen and oxygen atoms in total. The van der Waals surface area contributed by atoms with Gasteiger partial charge in [0, 0.05) is 22.2 Å². The van der Waals surface area contributed by atoms with Crippen molar-refractivity contribution >= 4 is 11.6 Å². The summed E-state index contributed by atoms with van der Waals surface area (Å²) in [5.74, 6) is 0.0666. The molecule has 3 aromatic rings. The lowest BCUT2D eigenvalue weighted by Crippen LogP contribution is -2.55. The summed E-state index contributed by atoms with van der Waals surface area (Å²) in [4.78, 5) is 15.7. The third kappa shape index (κ3) is 3.27. The molecule has 0 spiro atoms. The van der Waals surface area contributed by atoms with Crippen molar-refractivity contribution in [2.75, 3.05) is 4.90 Å². The van der Waals surface area contributed by atoms with E-state index in [0.29, 0.717) is 0 Å². The normalized spacial score (nSPS) is 20.2. The summed E-state index contributed by atoms with van der Waals surface area (Å²) in [6.07, 6.45) is 0.859. The number of benzene rings is 3. The van der Waals surface area contributed by atoms with Gasteiger partial charge in [-0.25, -0.2) is 0 Å². The Kier molecular flexibility index (Phi) is 4.61. The molecule has 1 unspecified atom stereocenters. The first-order valence-corrected chi connectivity index (χ1v) is 10.3. The van der Waals surface area contributed by atoms with E-state index in [4.69, 9.17) is 0 Å². The third-order valence-corrected chi connectivity index (χ3v) is 6.29. The van der Waals surface area contributed by atoms with Crippen LogP contribution in [-0.4, -0.2) is 11.4 Å². The van der Waals surface area contributed by atoms with Gasteiger partial charge in [0.25, 0.3) is 5.91 Å². The molecule has 0 bridgehead atoms. The quantitative estimate of drug-likeness (QED) is 0.499. The van der Waals surface area contributed by atoms with Gasteiger partial charge in [-0.3, -0.25) is 4.79 Å². The lowest BCUT2D eigenvalue weighted by atomic mass is 9.65. The van der Waals surface area contributed by atoms with Crippen LogP contribution in [0.3, 0.4) is 0 Å². The molecule has 2 heteroatoms.